The summed E-state index contributed by atoms with van der Waals surface area (Å²) in [5.74, 6) is 1.05. The minimum atomic E-state index is -0.114. The van der Waals surface area contributed by atoms with E-state index < -0.39 is 0 Å². The molecule has 8 heteroatoms. The smallest absolute Gasteiger partial charge is 0.263 e. The van der Waals surface area contributed by atoms with E-state index in [0.717, 1.165) is 16.8 Å². The lowest BCUT2D eigenvalue weighted by atomic mass is 10.1. The molecule has 2 aromatic rings. The Kier molecular flexibility index (Phi) is 9.57. The molecule has 1 aliphatic rings. The molecule has 0 radical (unpaired) electrons. The Hall–Kier alpha value is -3.49. The maximum Gasteiger partial charge on any atom is 0.263 e. The average Bonchev–Trinajstić information content (AvgIpc) is 2.98. The zero-order valence-corrected chi connectivity index (χ0v) is 21.1. The molecule has 8 nitrogen and oxygen atoms in total. The third-order valence-electron chi connectivity index (χ3n) is 5.76. The third-order valence-corrected chi connectivity index (χ3v) is 5.76. The Morgan fingerprint density at radius 2 is 2.06 bits per heavy atom. The van der Waals surface area contributed by atoms with Gasteiger partial charge in [0.2, 0.25) is 5.95 Å². The van der Waals surface area contributed by atoms with E-state index in [1.807, 2.05) is 63.2 Å². The van der Waals surface area contributed by atoms with E-state index in [9.17, 15) is 4.79 Å². The van der Waals surface area contributed by atoms with Crippen LogP contribution in [-0.4, -0.2) is 67.7 Å². The van der Waals surface area contributed by atoms with Crippen molar-refractivity contribution in [3.05, 3.63) is 83.7 Å². The molecular formula is C27H36N6O2. The van der Waals surface area contributed by atoms with Crippen molar-refractivity contribution in [1.29, 1.82) is 0 Å². The van der Waals surface area contributed by atoms with E-state index >= 15 is 0 Å². The quantitative estimate of drug-likeness (QED) is 0.478. The number of rotatable bonds is 11. The van der Waals surface area contributed by atoms with Crippen LogP contribution in [0.2, 0.25) is 0 Å². The van der Waals surface area contributed by atoms with Crippen LogP contribution in [0.5, 0.6) is 0 Å². The lowest BCUT2D eigenvalue weighted by Gasteiger charge is -2.23. The molecule has 1 aromatic carbocycles. The van der Waals surface area contributed by atoms with Crippen LogP contribution < -0.4 is 15.5 Å². The van der Waals surface area contributed by atoms with Gasteiger partial charge in [-0.15, -0.1) is 0 Å². The van der Waals surface area contributed by atoms with E-state index in [4.69, 9.17) is 4.74 Å². The largest absolute Gasteiger partial charge is 0.368 e. The summed E-state index contributed by atoms with van der Waals surface area (Å²) in [5, 5.41) is 6.31. The summed E-state index contributed by atoms with van der Waals surface area (Å²) in [5.41, 5.74) is 3.36. The number of carbonyl (C=O) groups is 1. The zero-order valence-electron chi connectivity index (χ0n) is 21.1. The van der Waals surface area contributed by atoms with E-state index in [2.05, 4.69) is 39.3 Å². The second kappa shape index (κ2) is 12.8. The second-order valence-electron chi connectivity index (χ2n) is 8.37. The minimum Gasteiger partial charge on any atom is -0.368 e. The zero-order chi connectivity index (χ0) is 25.2. The van der Waals surface area contributed by atoms with Crippen molar-refractivity contribution in [2.75, 3.05) is 57.1 Å². The highest BCUT2D eigenvalue weighted by Crippen LogP contribution is 2.25. The highest BCUT2D eigenvalue weighted by molar-refractivity contribution is 6.00. The van der Waals surface area contributed by atoms with Crippen molar-refractivity contribution in [2.24, 2.45) is 0 Å². The van der Waals surface area contributed by atoms with E-state index in [0.29, 0.717) is 50.1 Å². The number of hydrogen-bond donors (Lipinski definition) is 2. The number of benzene rings is 1. The molecule has 1 aromatic heterocycles. The van der Waals surface area contributed by atoms with Crippen molar-refractivity contribution in [1.82, 2.24) is 20.2 Å². The first kappa shape index (κ1) is 26.1. The van der Waals surface area contributed by atoms with Gasteiger partial charge in [0.15, 0.2) is 0 Å². The number of likely N-dealkylation sites (N-methyl/N-ethyl adjacent to an activating group) is 2. The van der Waals surface area contributed by atoms with E-state index in [1.54, 1.807) is 17.2 Å². The Morgan fingerprint density at radius 3 is 2.74 bits per heavy atom. The average molecular weight is 477 g/mol. The predicted octanol–water partition coefficient (Wildman–Crippen LogP) is 3.79. The predicted molar refractivity (Wildman–Crippen MR) is 142 cm³/mol. The highest BCUT2D eigenvalue weighted by atomic mass is 16.5. The molecule has 1 atom stereocenters. The van der Waals surface area contributed by atoms with Crippen LogP contribution in [0.1, 0.15) is 35.9 Å². The Morgan fingerprint density at radius 1 is 1.29 bits per heavy atom. The maximum atomic E-state index is 13.4. The number of aromatic nitrogens is 2. The summed E-state index contributed by atoms with van der Waals surface area (Å²) >= 11 is 0. The van der Waals surface area contributed by atoms with Gasteiger partial charge in [0.05, 0.1) is 12.7 Å². The van der Waals surface area contributed by atoms with E-state index in [1.165, 1.54) is 0 Å². The van der Waals surface area contributed by atoms with Gasteiger partial charge in [-0.2, -0.15) is 4.98 Å². The van der Waals surface area contributed by atoms with Crippen molar-refractivity contribution < 1.29 is 9.53 Å². The summed E-state index contributed by atoms with van der Waals surface area (Å²) in [6, 6.07) is 10.1. The molecule has 2 heterocycles. The molecule has 0 saturated heterocycles. The molecule has 1 aliphatic heterocycles. The molecule has 0 saturated carbocycles. The van der Waals surface area contributed by atoms with Gasteiger partial charge in [0, 0.05) is 45.1 Å². The van der Waals surface area contributed by atoms with Crippen molar-refractivity contribution in [3.63, 3.8) is 0 Å². The summed E-state index contributed by atoms with van der Waals surface area (Å²) < 4.78 is 6.27. The number of ether oxygens (including phenoxy) is 1. The summed E-state index contributed by atoms with van der Waals surface area (Å²) in [4.78, 5) is 26.1. The Labute approximate surface area is 208 Å². The number of hydrogen-bond acceptors (Lipinski definition) is 7. The highest BCUT2D eigenvalue weighted by Gasteiger charge is 2.28. The van der Waals surface area contributed by atoms with Gasteiger partial charge in [-0.1, -0.05) is 49.1 Å². The maximum absolute atomic E-state index is 13.4. The van der Waals surface area contributed by atoms with E-state index in [-0.39, 0.29) is 12.0 Å². The van der Waals surface area contributed by atoms with Crippen LogP contribution in [0.15, 0.2) is 72.6 Å². The number of fused-ring (bicyclic) bond motifs is 1. The topological polar surface area (TPSA) is 82.6 Å². The van der Waals surface area contributed by atoms with Crippen LogP contribution in [0.25, 0.3) is 0 Å². The summed E-state index contributed by atoms with van der Waals surface area (Å²) in [7, 11) is 3.86. The van der Waals surface area contributed by atoms with Crippen molar-refractivity contribution >= 4 is 17.7 Å². The van der Waals surface area contributed by atoms with Crippen LogP contribution in [0.4, 0.5) is 11.8 Å². The number of nitrogens with zero attached hydrogens (tertiary/aromatic N) is 4. The molecule has 186 valence electrons. The number of allylic oxidation sites excluding steroid dienone is 3. The molecule has 1 unspecified atom stereocenters. The molecular weight excluding hydrogens is 440 g/mol. The lowest BCUT2D eigenvalue weighted by Crippen LogP contribution is -2.32. The van der Waals surface area contributed by atoms with Gasteiger partial charge in [-0.3, -0.25) is 4.79 Å². The van der Waals surface area contributed by atoms with Crippen LogP contribution >= 0.6 is 0 Å². The van der Waals surface area contributed by atoms with Crippen LogP contribution in [0.3, 0.4) is 0 Å². The number of carbonyl (C=O) groups excluding carboxylic acids is 1. The monoisotopic (exact) mass is 476 g/mol. The van der Waals surface area contributed by atoms with Gasteiger partial charge in [-0.05, 0) is 38.1 Å². The Balaban J connectivity index is 1.80. The van der Waals surface area contributed by atoms with Crippen LogP contribution in [0, 0.1) is 0 Å². The second-order valence-corrected chi connectivity index (χ2v) is 8.37. The fraction of sp³-hybridized carbons (Fsp3) is 0.370. The number of nitrogens with one attached hydrogen (secondary N) is 2. The first-order valence-electron chi connectivity index (χ1n) is 11.9. The normalized spacial score (nSPS) is 15.5. The van der Waals surface area contributed by atoms with Gasteiger partial charge >= 0.3 is 0 Å². The lowest BCUT2D eigenvalue weighted by molar-refractivity contribution is 0.0716. The molecule has 3 rings (SSSR count). The molecule has 0 aliphatic carbocycles. The van der Waals surface area contributed by atoms with Crippen molar-refractivity contribution in [3.8, 4) is 0 Å². The van der Waals surface area contributed by atoms with Gasteiger partial charge in [0.1, 0.15) is 11.4 Å². The van der Waals surface area contributed by atoms with Gasteiger partial charge in [-0.25, -0.2) is 4.98 Å². The molecule has 1 amide bonds. The van der Waals surface area contributed by atoms with Gasteiger partial charge < -0.3 is 25.2 Å². The van der Waals surface area contributed by atoms with Crippen LogP contribution in [-0.2, 0) is 4.74 Å². The van der Waals surface area contributed by atoms with Gasteiger partial charge in [0.25, 0.3) is 5.91 Å². The molecule has 35 heavy (non-hydrogen) atoms. The fourth-order valence-corrected chi connectivity index (χ4v) is 3.96. The first-order valence-corrected chi connectivity index (χ1v) is 11.9. The summed E-state index contributed by atoms with van der Waals surface area (Å²) in [6.07, 6.45) is 7.16. The number of anilines is 2. The third kappa shape index (κ3) is 6.77. The summed E-state index contributed by atoms with van der Waals surface area (Å²) in [6.45, 7) is 10.8. The fourth-order valence-electron chi connectivity index (χ4n) is 3.96. The molecule has 2 N–H and O–H groups in total. The number of amides is 1. The Bertz CT molecular complexity index is 1070. The SMILES string of the molecule is C=C/C=C(\C=C(/C)N1CCN(C)c2nc(NCC)ncc2C1=O)COC(CNC)c1ccccc1. The standard InChI is InChI=1S/C27H36N6O2/c1-6-11-21(19-35-24(18-28-4)22-12-9-8-10-13-22)16-20(3)33-15-14-32(5)25-23(26(33)34)17-30-27(31-25)29-7-2/h6,8-13,16-17,24,28H,1,7,14-15,18-19H2,2-5H3,(H,29,30,31)/b20-16+,21-11+. The molecule has 0 fully saturated rings. The minimum absolute atomic E-state index is 0.0912. The first-order chi connectivity index (χ1) is 17.0. The molecule has 0 spiro atoms. The van der Waals surface area contributed by atoms with Crippen molar-refractivity contribution in [2.45, 2.75) is 20.0 Å². The molecule has 0 bridgehead atoms.